The Hall–Kier alpha value is -3.61. The van der Waals surface area contributed by atoms with E-state index in [1.165, 1.54) is 25.3 Å². The summed E-state index contributed by atoms with van der Waals surface area (Å²) in [4.78, 5) is 37.5. The van der Waals surface area contributed by atoms with Gasteiger partial charge >= 0.3 is 18.0 Å². The maximum atomic E-state index is 12.8. The number of carbonyl (C=O) groups is 3. The Morgan fingerprint density at radius 3 is 2.18 bits per heavy atom. The van der Waals surface area contributed by atoms with E-state index >= 15 is 0 Å². The van der Waals surface area contributed by atoms with Gasteiger partial charge in [0.1, 0.15) is 19.3 Å². The fourth-order valence-electron chi connectivity index (χ4n) is 4.67. The van der Waals surface area contributed by atoms with Crippen molar-refractivity contribution in [1.29, 1.82) is 0 Å². The van der Waals surface area contributed by atoms with Gasteiger partial charge in [-0.2, -0.15) is 0 Å². The van der Waals surface area contributed by atoms with E-state index in [0.29, 0.717) is 0 Å². The first-order valence-electron chi connectivity index (χ1n) is 13.6. The van der Waals surface area contributed by atoms with Crippen molar-refractivity contribution >= 4 is 18.0 Å². The second-order valence-electron chi connectivity index (χ2n) is 9.47. The molecule has 0 bridgehead atoms. The first-order chi connectivity index (χ1) is 18.5. The van der Waals surface area contributed by atoms with Crippen molar-refractivity contribution in [2.75, 3.05) is 19.8 Å². The number of amides is 1. The van der Waals surface area contributed by atoms with Crippen LogP contribution in [0.5, 0.6) is 0 Å². The van der Waals surface area contributed by atoms with E-state index in [2.05, 4.69) is 31.0 Å². The third-order valence-corrected chi connectivity index (χ3v) is 6.66. The number of fused-ring (bicyclic) bond motifs is 3. The van der Waals surface area contributed by atoms with E-state index in [0.717, 1.165) is 41.5 Å². The van der Waals surface area contributed by atoms with Crippen LogP contribution in [0.3, 0.4) is 0 Å². The zero-order valence-electron chi connectivity index (χ0n) is 22.3. The second-order valence-corrected chi connectivity index (χ2v) is 9.47. The van der Waals surface area contributed by atoms with Crippen molar-refractivity contribution in [2.24, 2.45) is 0 Å². The molecule has 204 valence electrons. The SMILES string of the molecule is C=CCOC(=O)CC[C@H](NC(=O)OCC1c2ccccc2-c2ccccc21)C(=O)OCCCCCCCC. The van der Waals surface area contributed by atoms with Crippen LogP contribution in [0.25, 0.3) is 11.1 Å². The third-order valence-electron chi connectivity index (χ3n) is 6.66. The van der Waals surface area contributed by atoms with Gasteiger partial charge in [0.2, 0.25) is 0 Å². The molecule has 0 fully saturated rings. The summed E-state index contributed by atoms with van der Waals surface area (Å²) in [6.45, 7) is 6.17. The number of unbranched alkanes of at least 4 members (excludes halogenated alkanes) is 5. The lowest BCUT2D eigenvalue weighted by molar-refractivity contribution is -0.147. The van der Waals surface area contributed by atoms with E-state index < -0.39 is 24.1 Å². The van der Waals surface area contributed by atoms with Crippen LogP contribution in [0.2, 0.25) is 0 Å². The monoisotopic (exact) mass is 521 g/mol. The molecule has 2 aromatic carbocycles. The van der Waals surface area contributed by atoms with Crippen LogP contribution in [-0.4, -0.2) is 43.9 Å². The zero-order chi connectivity index (χ0) is 27.2. The maximum Gasteiger partial charge on any atom is 0.407 e. The second kappa shape index (κ2) is 15.6. The molecule has 0 saturated heterocycles. The fourth-order valence-corrected chi connectivity index (χ4v) is 4.67. The highest BCUT2D eigenvalue weighted by Crippen LogP contribution is 2.44. The largest absolute Gasteiger partial charge is 0.464 e. The van der Waals surface area contributed by atoms with E-state index in [9.17, 15) is 14.4 Å². The first-order valence-corrected chi connectivity index (χ1v) is 13.6. The molecule has 1 aliphatic rings. The Balaban J connectivity index is 1.55. The molecule has 7 heteroatoms. The predicted octanol–water partition coefficient (Wildman–Crippen LogP) is 6.31. The Bertz CT molecular complexity index is 1040. The Morgan fingerprint density at radius 1 is 0.895 bits per heavy atom. The number of hydrogen-bond acceptors (Lipinski definition) is 6. The lowest BCUT2D eigenvalue weighted by Crippen LogP contribution is -2.43. The molecule has 38 heavy (non-hydrogen) atoms. The summed E-state index contributed by atoms with van der Waals surface area (Å²) in [6.07, 6.45) is 7.13. The van der Waals surface area contributed by atoms with Crippen LogP contribution in [0.15, 0.2) is 61.2 Å². The Labute approximate surface area is 225 Å². The van der Waals surface area contributed by atoms with E-state index in [1.807, 2.05) is 36.4 Å². The molecule has 0 spiro atoms. The maximum absolute atomic E-state index is 12.8. The number of carbonyl (C=O) groups excluding carboxylic acids is 3. The molecule has 2 aromatic rings. The molecule has 1 N–H and O–H groups in total. The van der Waals surface area contributed by atoms with Gasteiger partial charge in [-0.15, -0.1) is 0 Å². The van der Waals surface area contributed by atoms with Gasteiger partial charge in [-0.05, 0) is 35.1 Å². The highest BCUT2D eigenvalue weighted by Gasteiger charge is 2.30. The molecule has 1 aliphatic carbocycles. The Kier molecular flexibility index (Phi) is 11.9. The molecule has 7 nitrogen and oxygen atoms in total. The van der Waals surface area contributed by atoms with E-state index in [1.54, 1.807) is 0 Å². The van der Waals surface area contributed by atoms with Gasteiger partial charge in [0.25, 0.3) is 0 Å². The zero-order valence-corrected chi connectivity index (χ0v) is 22.3. The summed E-state index contributed by atoms with van der Waals surface area (Å²) >= 11 is 0. The molecular weight excluding hydrogens is 482 g/mol. The van der Waals surface area contributed by atoms with Gasteiger partial charge in [0, 0.05) is 12.3 Å². The number of ether oxygens (including phenoxy) is 3. The van der Waals surface area contributed by atoms with Crippen LogP contribution >= 0.6 is 0 Å². The summed E-state index contributed by atoms with van der Waals surface area (Å²) in [6, 6.07) is 15.1. The van der Waals surface area contributed by atoms with Gasteiger partial charge < -0.3 is 19.5 Å². The molecule has 0 heterocycles. The lowest BCUT2D eigenvalue weighted by atomic mass is 9.98. The van der Waals surface area contributed by atoms with Crippen molar-refractivity contribution < 1.29 is 28.6 Å². The van der Waals surface area contributed by atoms with Crippen LogP contribution < -0.4 is 5.32 Å². The highest BCUT2D eigenvalue weighted by atomic mass is 16.6. The number of hydrogen-bond donors (Lipinski definition) is 1. The van der Waals surface area contributed by atoms with Crippen LogP contribution in [0.1, 0.15) is 75.3 Å². The first kappa shape index (κ1) is 29.0. The van der Waals surface area contributed by atoms with Gasteiger partial charge in [-0.3, -0.25) is 4.79 Å². The number of benzene rings is 2. The third kappa shape index (κ3) is 8.47. The van der Waals surface area contributed by atoms with Crippen molar-refractivity contribution in [1.82, 2.24) is 5.32 Å². The van der Waals surface area contributed by atoms with E-state index in [4.69, 9.17) is 14.2 Å². The van der Waals surface area contributed by atoms with E-state index in [-0.39, 0.29) is 38.6 Å². The standard InChI is InChI=1S/C31H39NO6/c1-3-5-6-7-8-13-21-37-30(34)28(18-19-29(33)36-20-4-2)32-31(35)38-22-27-25-16-11-9-14-23(25)24-15-10-12-17-26(24)27/h4,9-12,14-17,27-28H,2-3,5-8,13,18-22H2,1H3,(H,32,35)/t28-/m0/s1. The summed E-state index contributed by atoms with van der Waals surface area (Å²) in [5.41, 5.74) is 4.46. The molecule has 1 atom stereocenters. The molecule has 3 rings (SSSR count). The molecule has 0 aromatic heterocycles. The number of rotatable bonds is 16. The molecular formula is C31H39NO6. The summed E-state index contributed by atoms with van der Waals surface area (Å²) in [5.74, 6) is -1.16. The smallest absolute Gasteiger partial charge is 0.407 e. The van der Waals surface area contributed by atoms with Crippen molar-refractivity contribution in [3.05, 3.63) is 72.3 Å². The minimum atomic E-state index is -1.01. The average Bonchev–Trinajstić information content (AvgIpc) is 3.26. The topological polar surface area (TPSA) is 90.9 Å². The summed E-state index contributed by atoms with van der Waals surface area (Å²) in [7, 11) is 0. The number of esters is 2. The van der Waals surface area contributed by atoms with Gasteiger partial charge in [-0.25, -0.2) is 9.59 Å². The normalized spacial score (nSPS) is 12.7. The fraction of sp³-hybridized carbons (Fsp3) is 0.452. The van der Waals surface area contributed by atoms with Crippen molar-refractivity contribution in [2.45, 2.75) is 70.3 Å². The minimum Gasteiger partial charge on any atom is -0.464 e. The summed E-state index contributed by atoms with van der Waals surface area (Å²) in [5, 5.41) is 2.61. The average molecular weight is 522 g/mol. The molecule has 0 aliphatic heterocycles. The van der Waals surface area contributed by atoms with Crippen LogP contribution in [-0.2, 0) is 23.8 Å². The van der Waals surface area contributed by atoms with Crippen LogP contribution in [0, 0.1) is 0 Å². The van der Waals surface area contributed by atoms with Gasteiger partial charge in [-0.1, -0.05) is 100 Å². The minimum absolute atomic E-state index is 0.0473. The number of nitrogens with one attached hydrogen (secondary N) is 1. The summed E-state index contributed by atoms with van der Waals surface area (Å²) < 4.78 is 16.0. The number of alkyl carbamates (subject to hydrolysis) is 1. The van der Waals surface area contributed by atoms with Crippen LogP contribution in [0.4, 0.5) is 4.79 Å². The van der Waals surface area contributed by atoms with Gasteiger partial charge in [0.15, 0.2) is 0 Å². The van der Waals surface area contributed by atoms with Crippen molar-refractivity contribution in [3.63, 3.8) is 0 Å². The highest BCUT2D eigenvalue weighted by molar-refractivity contribution is 5.82. The molecule has 0 saturated carbocycles. The molecule has 0 radical (unpaired) electrons. The lowest BCUT2D eigenvalue weighted by Gasteiger charge is -2.19. The molecule has 1 amide bonds. The predicted molar refractivity (Wildman–Crippen MR) is 147 cm³/mol. The van der Waals surface area contributed by atoms with Crippen molar-refractivity contribution in [3.8, 4) is 11.1 Å². The Morgan fingerprint density at radius 2 is 1.53 bits per heavy atom. The molecule has 0 unspecified atom stereocenters. The quantitative estimate of drug-likeness (QED) is 0.121. The van der Waals surface area contributed by atoms with Gasteiger partial charge in [0.05, 0.1) is 6.61 Å².